The van der Waals surface area contributed by atoms with Gasteiger partial charge in [0.15, 0.2) is 11.5 Å². The predicted octanol–water partition coefficient (Wildman–Crippen LogP) is 5.15. The average Bonchev–Trinajstić information content (AvgIpc) is 3.24. The lowest BCUT2D eigenvalue weighted by Crippen LogP contribution is -2.25. The molecule has 1 N–H and O–H groups in total. The molecule has 1 heterocycles. The van der Waals surface area contributed by atoms with Crippen molar-refractivity contribution < 1.29 is 14.3 Å². The van der Waals surface area contributed by atoms with Gasteiger partial charge in [0.2, 0.25) is 5.91 Å². The van der Waals surface area contributed by atoms with Crippen LogP contribution in [0.25, 0.3) is 11.0 Å². The number of aromatic nitrogens is 2. The number of hydrogen-bond donors (Lipinski definition) is 1. The topological polar surface area (TPSA) is 65.4 Å². The lowest BCUT2D eigenvalue weighted by Gasteiger charge is -2.12. The number of rotatable bonds is 12. The van der Waals surface area contributed by atoms with Crippen LogP contribution in [0.1, 0.15) is 30.7 Å². The normalized spacial score (nSPS) is 10.9. The van der Waals surface area contributed by atoms with Crippen LogP contribution in [-0.4, -0.2) is 29.2 Å². The highest BCUT2D eigenvalue weighted by molar-refractivity contribution is 5.77. The number of hydrogen-bond acceptors (Lipinski definition) is 4. The number of fused-ring (bicyclic) bond motifs is 1. The van der Waals surface area contributed by atoms with Crippen molar-refractivity contribution in [3.8, 4) is 11.5 Å². The summed E-state index contributed by atoms with van der Waals surface area (Å²) in [5, 5.41) is 3.05. The minimum absolute atomic E-state index is 0.0349. The van der Waals surface area contributed by atoms with Gasteiger partial charge < -0.3 is 19.4 Å². The molecule has 3 aromatic carbocycles. The summed E-state index contributed by atoms with van der Waals surface area (Å²) in [6.07, 6.45) is 3.03. The molecular weight excluding hydrogens is 426 g/mol. The van der Waals surface area contributed by atoms with Gasteiger partial charge in [-0.3, -0.25) is 4.79 Å². The van der Waals surface area contributed by atoms with Crippen molar-refractivity contribution in [1.29, 1.82) is 0 Å². The van der Waals surface area contributed by atoms with E-state index in [0.717, 1.165) is 54.2 Å². The number of imidazole rings is 1. The Morgan fingerprint density at radius 2 is 1.65 bits per heavy atom. The third-order valence-corrected chi connectivity index (χ3v) is 5.76. The van der Waals surface area contributed by atoms with Crippen LogP contribution in [0.2, 0.25) is 0 Å². The zero-order chi connectivity index (χ0) is 23.6. The lowest BCUT2D eigenvalue weighted by atomic mass is 10.1. The fourth-order valence-corrected chi connectivity index (χ4v) is 3.97. The molecule has 0 unspecified atom stereocenters. The fourth-order valence-electron chi connectivity index (χ4n) is 3.97. The van der Waals surface area contributed by atoms with Gasteiger partial charge >= 0.3 is 0 Å². The van der Waals surface area contributed by atoms with Crippen LogP contribution in [0.4, 0.5) is 0 Å². The highest BCUT2D eigenvalue weighted by Crippen LogP contribution is 2.26. The van der Waals surface area contributed by atoms with E-state index in [1.807, 2.05) is 72.8 Å². The molecule has 34 heavy (non-hydrogen) atoms. The highest BCUT2D eigenvalue weighted by Gasteiger charge is 2.12. The molecule has 0 aliphatic rings. The van der Waals surface area contributed by atoms with Gasteiger partial charge in [-0.1, -0.05) is 54.6 Å². The van der Waals surface area contributed by atoms with Crippen LogP contribution in [-0.2, 0) is 24.3 Å². The maximum atomic E-state index is 12.4. The minimum Gasteiger partial charge on any atom is -0.493 e. The molecule has 0 bridgehead atoms. The van der Waals surface area contributed by atoms with E-state index in [4.69, 9.17) is 14.5 Å². The zero-order valence-electron chi connectivity index (χ0n) is 19.6. The van der Waals surface area contributed by atoms with E-state index in [-0.39, 0.29) is 5.91 Å². The van der Waals surface area contributed by atoms with Crippen LogP contribution in [0.15, 0.2) is 78.9 Å². The van der Waals surface area contributed by atoms with Gasteiger partial charge in [0.25, 0.3) is 0 Å². The second kappa shape index (κ2) is 11.9. The van der Waals surface area contributed by atoms with Crippen molar-refractivity contribution in [2.45, 2.75) is 38.8 Å². The first-order valence-corrected chi connectivity index (χ1v) is 11.7. The maximum Gasteiger partial charge on any atom is 0.220 e. The van der Waals surface area contributed by atoms with Crippen LogP contribution < -0.4 is 14.8 Å². The summed E-state index contributed by atoms with van der Waals surface area (Å²) in [7, 11) is 1.65. The molecule has 4 rings (SSSR count). The van der Waals surface area contributed by atoms with Crippen LogP contribution >= 0.6 is 0 Å². The summed E-state index contributed by atoms with van der Waals surface area (Å²) >= 11 is 0. The molecule has 0 fully saturated rings. The zero-order valence-corrected chi connectivity index (χ0v) is 19.6. The summed E-state index contributed by atoms with van der Waals surface area (Å²) in [4.78, 5) is 17.2. The van der Waals surface area contributed by atoms with Gasteiger partial charge in [-0.25, -0.2) is 4.98 Å². The summed E-state index contributed by atoms with van der Waals surface area (Å²) < 4.78 is 13.4. The van der Waals surface area contributed by atoms with Crippen molar-refractivity contribution in [3.05, 3.63) is 90.3 Å². The lowest BCUT2D eigenvalue weighted by molar-refractivity contribution is -0.121. The molecule has 0 spiro atoms. The average molecular weight is 458 g/mol. The molecule has 0 aliphatic carbocycles. The van der Waals surface area contributed by atoms with E-state index in [9.17, 15) is 4.79 Å². The molecule has 0 atom stereocenters. The van der Waals surface area contributed by atoms with Crippen molar-refractivity contribution >= 4 is 16.9 Å². The number of carbonyl (C=O) groups excluding carboxylic acids is 1. The Hall–Kier alpha value is -3.80. The molecule has 6 heteroatoms. The number of para-hydroxylation sites is 4. The smallest absolute Gasteiger partial charge is 0.220 e. The van der Waals surface area contributed by atoms with E-state index in [1.165, 1.54) is 5.56 Å². The third-order valence-electron chi connectivity index (χ3n) is 5.76. The summed E-state index contributed by atoms with van der Waals surface area (Å²) in [6, 6.07) is 25.9. The first-order valence-electron chi connectivity index (χ1n) is 11.7. The number of carbonyl (C=O) groups is 1. The molecule has 6 nitrogen and oxygen atoms in total. The van der Waals surface area contributed by atoms with Crippen molar-refractivity contribution in [2.24, 2.45) is 0 Å². The minimum atomic E-state index is 0.0349. The van der Waals surface area contributed by atoms with Crippen molar-refractivity contribution in [2.75, 3.05) is 13.7 Å². The Bertz CT molecular complexity index is 1200. The van der Waals surface area contributed by atoms with Gasteiger partial charge in [0.05, 0.1) is 31.3 Å². The Kier molecular flexibility index (Phi) is 8.17. The van der Waals surface area contributed by atoms with E-state index in [2.05, 4.69) is 16.0 Å². The van der Waals surface area contributed by atoms with Gasteiger partial charge in [-0.15, -0.1) is 0 Å². The Balaban J connectivity index is 1.31. The fraction of sp³-hybridized carbons (Fsp3) is 0.286. The summed E-state index contributed by atoms with van der Waals surface area (Å²) in [5.74, 6) is 2.41. The Morgan fingerprint density at radius 1 is 0.912 bits per heavy atom. The van der Waals surface area contributed by atoms with Crippen LogP contribution in [0, 0.1) is 0 Å². The molecule has 0 radical (unpaired) electrons. The highest BCUT2D eigenvalue weighted by atomic mass is 16.5. The summed E-state index contributed by atoms with van der Waals surface area (Å²) in [6.45, 7) is 1.84. The SMILES string of the molecule is COc1ccccc1OCCCCn1c(CNC(=O)CCc2ccccc2)nc2ccccc21. The summed E-state index contributed by atoms with van der Waals surface area (Å²) in [5.41, 5.74) is 3.20. The second-order valence-electron chi connectivity index (χ2n) is 8.14. The number of methoxy groups -OCH3 is 1. The van der Waals surface area contributed by atoms with Gasteiger partial charge in [0, 0.05) is 13.0 Å². The number of aryl methyl sites for hydroxylation is 2. The quantitative estimate of drug-likeness (QED) is 0.299. The van der Waals surface area contributed by atoms with Crippen LogP contribution in [0.3, 0.4) is 0 Å². The molecule has 1 amide bonds. The number of unbranched alkanes of at least 4 members (excludes halogenated alkanes) is 1. The molecule has 0 saturated carbocycles. The number of amides is 1. The first-order chi connectivity index (χ1) is 16.7. The maximum absolute atomic E-state index is 12.4. The number of nitrogens with zero attached hydrogens (tertiary/aromatic N) is 2. The molecule has 0 aliphatic heterocycles. The molecule has 1 aromatic heterocycles. The van der Waals surface area contributed by atoms with E-state index in [1.54, 1.807) is 7.11 Å². The second-order valence-corrected chi connectivity index (χ2v) is 8.14. The first kappa shape index (κ1) is 23.4. The van der Waals surface area contributed by atoms with Crippen molar-refractivity contribution in [1.82, 2.24) is 14.9 Å². The Labute approximate surface area is 200 Å². The van der Waals surface area contributed by atoms with Crippen molar-refractivity contribution in [3.63, 3.8) is 0 Å². The Morgan fingerprint density at radius 3 is 2.47 bits per heavy atom. The molecule has 4 aromatic rings. The molecule has 0 saturated heterocycles. The predicted molar refractivity (Wildman–Crippen MR) is 134 cm³/mol. The largest absolute Gasteiger partial charge is 0.493 e. The van der Waals surface area contributed by atoms with E-state index < -0.39 is 0 Å². The van der Waals surface area contributed by atoms with Gasteiger partial charge in [0.1, 0.15) is 5.82 Å². The van der Waals surface area contributed by atoms with E-state index in [0.29, 0.717) is 19.6 Å². The van der Waals surface area contributed by atoms with Crippen LogP contribution in [0.5, 0.6) is 11.5 Å². The third kappa shape index (κ3) is 6.16. The molecule has 176 valence electrons. The monoisotopic (exact) mass is 457 g/mol. The number of benzene rings is 3. The number of nitrogens with one attached hydrogen (secondary N) is 1. The standard InChI is InChI=1S/C28H31N3O3/c1-33-25-15-7-8-16-26(25)34-20-10-9-19-31-24-14-6-5-13-23(24)30-27(31)21-29-28(32)18-17-22-11-3-2-4-12-22/h2-8,11-16H,9-10,17-21H2,1H3,(H,29,32). The number of ether oxygens (including phenoxy) is 2. The molecular formula is C28H31N3O3. The van der Waals surface area contributed by atoms with Gasteiger partial charge in [-0.05, 0) is 49.1 Å². The van der Waals surface area contributed by atoms with E-state index >= 15 is 0 Å². The van der Waals surface area contributed by atoms with Gasteiger partial charge in [-0.2, -0.15) is 0 Å².